The van der Waals surface area contributed by atoms with Crippen LogP contribution < -0.4 is 14.8 Å². The van der Waals surface area contributed by atoms with Gasteiger partial charge >= 0.3 is 5.97 Å². The van der Waals surface area contributed by atoms with E-state index in [1.807, 2.05) is 0 Å². The Bertz CT molecular complexity index is 1200. The molecule has 2 N–H and O–H groups in total. The van der Waals surface area contributed by atoms with E-state index in [0.29, 0.717) is 22.7 Å². The van der Waals surface area contributed by atoms with Crippen LogP contribution in [0.3, 0.4) is 0 Å². The number of sulfonamides is 1. The quantitative estimate of drug-likeness (QED) is 0.517. The van der Waals surface area contributed by atoms with Crippen molar-refractivity contribution in [3.63, 3.8) is 0 Å². The summed E-state index contributed by atoms with van der Waals surface area (Å²) >= 11 is 0.915. The minimum atomic E-state index is -3.87. The van der Waals surface area contributed by atoms with Crippen LogP contribution in [-0.2, 0) is 14.8 Å². The Morgan fingerprint density at radius 3 is 2.23 bits per heavy atom. The molecule has 0 atom stereocenters. The van der Waals surface area contributed by atoms with E-state index in [-0.39, 0.29) is 14.9 Å². The van der Waals surface area contributed by atoms with E-state index in [2.05, 4.69) is 19.8 Å². The third kappa shape index (κ3) is 5.19. The van der Waals surface area contributed by atoms with E-state index in [1.54, 1.807) is 19.1 Å². The number of aromatic nitrogens is 1. The normalized spacial score (nSPS) is 10.9. The number of thiazole rings is 1. The topological polar surface area (TPSA) is 124 Å². The fourth-order valence-electron chi connectivity index (χ4n) is 2.57. The monoisotopic (exact) mass is 461 g/mol. The molecule has 0 spiro atoms. The van der Waals surface area contributed by atoms with Gasteiger partial charge in [0.1, 0.15) is 10.6 Å². The molecular weight excluding hydrogens is 442 g/mol. The lowest BCUT2D eigenvalue weighted by atomic mass is 10.2. The zero-order valence-electron chi connectivity index (χ0n) is 16.8. The molecule has 0 aliphatic heterocycles. The van der Waals surface area contributed by atoms with E-state index in [4.69, 9.17) is 4.74 Å². The second-order valence-corrected chi connectivity index (χ2v) is 8.92. The van der Waals surface area contributed by atoms with Crippen LogP contribution >= 0.6 is 11.3 Å². The maximum absolute atomic E-state index is 12.6. The number of amides is 1. The lowest BCUT2D eigenvalue weighted by Gasteiger charge is -2.06. The molecule has 0 fully saturated rings. The fourth-order valence-corrected chi connectivity index (χ4v) is 4.67. The minimum absolute atomic E-state index is 0.0397. The molecule has 2 aromatic carbocycles. The molecule has 0 aliphatic rings. The van der Waals surface area contributed by atoms with E-state index in [1.165, 1.54) is 50.6 Å². The third-order valence-electron chi connectivity index (χ3n) is 4.16. The van der Waals surface area contributed by atoms with Crippen LogP contribution in [0.15, 0.2) is 53.4 Å². The Labute approximate surface area is 183 Å². The number of nitrogens with one attached hydrogen (secondary N) is 2. The highest BCUT2D eigenvalue weighted by Crippen LogP contribution is 2.26. The fraction of sp³-hybridized carbons (Fsp3) is 0.150. The van der Waals surface area contributed by atoms with Gasteiger partial charge in [0.2, 0.25) is 0 Å². The molecule has 0 saturated carbocycles. The predicted molar refractivity (Wildman–Crippen MR) is 116 cm³/mol. The summed E-state index contributed by atoms with van der Waals surface area (Å²) in [5.41, 5.74) is 1.19. The number of carbonyl (C=O) groups excluding carboxylic acids is 2. The highest BCUT2D eigenvalue weighted by molar-refractivity contribution is 7.93. The first-order valence-corrected chi connectivity index (χ1v) is 11.2. The van der Waals surface area contributed by atoms with Gasteiger partial charge in [-0.2, -0.15) is 0 Å². The Morgan fingerprint density at radius 2 is 1.65 bits per heavy atom. The molecule has 0 aliphatic carbocycles. The van der Waals surface area contributed by atoms with Crippen LogP contribution in [0.25, 0.3) is 0 Å². The molecule has 1 aromatic heterocycles. The number of aryl methyl sites for hydroxylation is 1. The molecule has 3 aromatic rings. The minimum Gasteiger partial charge on any atom is -0.497 e. The molecule has 0 bridgehead atoms. The average molecular weight is 462 g/mol. The van der Waals surface area contributed by atoms with Crippen LogP contribution in [0.4, 0.5) is 10.8 Å². The Morgan fingerprint density at radius 1 is 1.00 bits per heavy atom. The van der Waals surface area contributed by atoms with Gasteiger partial charge < -0.3 is 14.8 Å². The first kappa shape index (κ1) is 22.2. The van der Waals surface area contributed by atoms with Crippen LogP contribution in [0.5, 0.6) is 5.75 Å². The number of carbonyl (C=O) groups is 2. The standard InChI is InChI=1S/C20H19N3O6S2/c1-12-17(18(24)22-14-6-4-13(5-7-14)19(25)29-3)30-20(21-12)23-31(26,27)16-10-8-15(28-2)9-11-16/h4-11H,1-3H3,(H,21,23)(H,22,24). The van der Waals surface area contributed by atoms with Crippen LogP contribution in [0, 0.1) is 6.92 Å². The number of hydrogen-bond donors (Lipinski definition) is 2. The van der Waals surface area contributed by atoms with Crippen molar-refractivity contribution >= 4 is 44.1 Å². The van der Waals surface area contributed by atoms with Crippen molar-refractivity contribution in [1.29, 1.82) is 0 Å². The molecule has 9 nitrogen and oxygen atoms in total. The summed E-state index contributed by atoms with van der Waals surface area (Å²) in [5.74, 6) is -0.400. The number of anilines is 2. The Balaban J connectivity index is 1.73. The zero-order chi connectivity index (χ0) is 22.6. The van der Waals surface area contributed by atoms with Gasteiger partial charge in [-0.05, 0) is 55.5 Å². The zero-order valence-corrected chi connectivity index (χ0v) is 18.5. The third-order valence-corrected chi connectivity index (χ3v) is 6.71. The van der Waals surface area contributed by atoms with Gasteiger partial charge in [-0.25, -0.2) is 18.2 Å². The van der Waals surface area contributed by atoms with Gasteiger partial charge in [-0.15, -0.1) is 0 Å². The summed E-state index contributed by atoms with van der Waals surface area (Å²) in [5, 5.41) is 2.76. The maximum atomic E-state index is 12.6. The Kier molecular flexibility index (Phi) is 6.56. The van der Waals surface area contributed by atoms with Crippen molar-refractivity contribution in [2.75, 3.05) is 24.3 Å². The van der Waals surface area contributed by atoms with Gasteiger partial charge in [0.25, 0.3) is 15.9 Å². The van der Waals surface area contributed by atoms with Crippen molar-refractivity contribution in [3.8, 4) is 5.75 Å². The number of esters is 1. The average Bonchev–Trinajstić information content (AvgIpc) is 3.13. The van der Waals surface area contributed by atoms with E-state index in [9.17, 15) is 18.0 Å². The van der Waals surface area contributed by atoms with Crippen LogP contribution in [0.2, 0.25) is 0 Å². The van der Waals surface area contributed by atoms with E-state index in [0.717, 1.165) is 11.3 Å². The summed E-state index contributed by atoms with van der Waals surface area (Å²) in [6.45, 7) is 1.61. The summed E-state index contributed by atoms with van der Waals surface area (Å²) in [7, 11) is -1.11. The molecular formula is C20H19N3O6S2. The van der Waals surface area contributed by atoms with Crippen molar-refractivity contribution in [3.05, 3.63) is 64.7 Å². The highest BCUT2D eigenvalue weighted by Gasteiger charge is 2.20. The first-order chi connectivity index (χ1) is 14.7. The smallest absolute Gasteiger partial charge is 0.337 e. The van der Waals surface area contributed by atoms with Gasteiger partial charge in [-0.3, -0.25) is 9.52 Å². The lowest BCUT2D eigenvalue weighted by molar-refractivity contribution is 0.0600. The van der Waals surface area contributed by atoms with E-state index >= 15 is 0 Å². The summed E-state index contributed by atoms with van der Waals surface area (Å²) in [6, 6.07) is 12.1. The molecule has 0 saturated heterocycles. The number of methoxy groups -OCH3 is 2. The summed E-state index contributed by atoms with van der Waals surface area (Å²) in [6.07, 6.45) is 0. The second-order valence-electron chi connectivity index (χ2n) is 6.24. The molecule has 0 radical (unpaired) electrons. The summed E-state index contributed by atoms with van der Waals surface area (Å²) < 4.78 is 37.2. The van der Waals surface area contributed by atoms with Crippen molar-refractivity contribution in [2.24, 2.45) is 0 Å². The number of hydrogen-bond acceptors (Lipinski definition) is 8. The SMILES string of the molecule is COC(=O)c1ccc(NC(=O)c2sc(NS(=O)(=O)c3ccc(OC)cc3)nc2C)cc1. The van der Waals surface area contributed by atoms with E-state index < -0.39 is 21.9 Å². The second kappa shape index (κ2) is 9.14. The van der Waals surface area contributed by atoms with Crippen molar-refractivity contribution in [1.82, 2.24) is 4.98 Å². The number of benzene rings is 2. The number of nitrogens with zero attached hydrogens (tertiary/aromatic N) is 1. The predicted octanol–water partition coefficient (Wildman–Crippen LogP) is 3.30. The number of rotatable bonds is 7. The molecule has 0 unspecified atom stereocenters. The first-order valence-electron chi connectivity index (χ1n) is 8.87. The summed E-state index contributed by atoms with van der Waals surface area (Å²) in [4.78, 5) is 28.5. The molecule has 11 heteroatoms. The molecule has 1 amide bonds. The molecule has 31 heavy (non-hydrogen) atoms. The van der Waals surface area contributed by atoms with Crippen LogP contribution in [-0.4, -0.2) is 39.5 Å². The van der Waals surface area contributed by atoms with Gasteiger partial charge in [0.05, 0.1) is 30.4 Å². The lowest BCUT2D eigenvalue weighted by Crippen LogP contribution is -2.12. The molecule has 3 rings (SSSR count). The maximum Gasteiger partial charge on any atom is 0.337 e. The highest BCUT2D eigenvalue weighted by atomic mass is 32.2. The number of ether oxygens (including phenoxy) is 2. The van der Waals surface area contributed by atoms with Crippen molar-refractivity contribution < 1.29 is 27.5 Å². The van der Waals surface area contributed by atoms with Gasteiger partial charge in [0.15, 0.2) is 5.13 Å². The van der Waals surface area contributed by atoms with Crippen molar-refractivity contribution in [2.45, 2.75) is 11.8 Å². The van der Waals surface area contributed by atoms with Gasteiger partial charge in [0, 0.05) is 5.69 Å². The van der Waals surface area contributed by atoms with Gasteiger partial charge in [-0.1, -0.05) is 11.3 Å². The Hall–Kier alpha value is -3.44. The molecule has 1 heterocycles. The largest absolute Gasteiger partial charge is 0.497 e. The molecule has 162 valence electrons. The van der Waals surface area contributed by atoms with Crippen LogP contribution in [0.1, 0.15) is 25.7 Å².